The molecule has 20 nitrogen and oxygen atoms in total. The highest BCUT2D eigenvalue weighted by molar-refractivity contribution is 7.47. The lowest BCUT2D eigenvalue weighted by Crippen LogP contribution is -2.67. The van der Waals surface area contributed by atoms with Crippen molar-refractivity contribution in [3.63, 3.8) is 0 Å². The molecule has 8 N–H and O–H groups in total. The number of esters is 2. The zero-order chi connectivity index (χ0) is 29.7. The van der Waals surface area contributed by atoms with Crippen LogP contribution in [0.25, 0.3) is 0 Å². The molecule has 224 valence electrons. The Hall–Kier alpha value is -0.620. The second-order valence-corrected chi connectivity index (χ2v) is 12.4. The number of phosphoric acid groups is 4. The van der Waals surface area contributed by atoms with Crippen LogP contribution in [0.5, 0.6) is 0 Å². The minimum absolute atomic E-state index is 0.116. The van der Waals surface area contributed by atoms with Crippen LogP contribution in [0.4, 0.5) is 0 Å². The van der Waals surface area contributed by atoms with Gasteiger partial charge in [-0.05, 0) is 12.8 Å². The summed E-state index contributed by atoms with van der Waals surface area (Å²) in [6.45, 7) is 2.99. The summed E-state index contributed by atoms with van der Waals surface area (Å²) in [6, 6.07) is 0. The molecule has 0 saturated heterocycles. The normalized spacial score (nSPS) is 27.1. The van der Waals surface area contributed by atoms with Crippen LogP contribution in [0.2, 0.25) is 0 Å². The van der Waals surface area contributed by atoms with Gasteiger partial charge in [-0.3, -0.25) is 27.7 Å². The van der Waals surface area contributed by atoms with Crippen LogP contribution >= 0.6 is 31.3 Å². The highest BCUT2D eigenvalue weighted by Gasteiger charge is 2.62. The van der Waals surface area contributed by atoms with E-state index in [-0.39, 0.29) is 12.8 Å². The molecule has 38 heavy (non-hydrogen) atoms. The number of hydrogen-bond donors (Lipinski definition) is 8. The Kier molecular flexibility index (Phi) is 12.9. The van der Waals surface area contributed by atoms with Gasteiger partial charge in [-0.1, -0.05) is 13.8 Å². The van der Waals surface area contributed by atoms with Crippen LogP contribution in [0.1, 0.15) is 39.5 Å². The van der Waals surface area contributed by atoms with E-state index in [1.165, 1.54) is 13.8 Å². The molecule has 0 aromatic carbocycles. The maximum atomic E-state index is 12.3. The fourth-order valence-electron chi connectivity index (χ4n) is 3.33. The third-order valence-corrected chi connectivity index (χ3v) is 6.49. The molecule has 0 amide bonds. The summed E-state index contributed by atoms with van der Waals surface area (Å²) in [5.74, 6) is -2.37. The minimum atomic E-state index is -5.81. The molecule has 1 aliphatic carbocycles. The van der Waals surface area contributed by atoms with E-state index in [1.807, 2.05) is 0 Å². The van der Waals surface area contributed by atoms with E-state index in [0.29, 0.717) is 0 Å². The third kappa shape index (κ3) is 12.7. The van der Waals surface area contributed by atoms with Crippen molar-refractivity contribution < 1.29 is 94.6 Å². The van der Waals surface area contributed by atoms with Crippen molar-refractivity contribution in [3.8, 4) is 0 Å². The van der Waals surface area contributed by atoms with Gasteiger partial charge in [0.05, 0.1) is 0 Å². The van der Waals surface area contributed by atoms with Crippen LogP contribution in [0.15, 0.2) is 0 Å². The van der Waals surface area contributed by atoms with Crippen LogP contribution in [0, 0.1) is 0 Å². The average molecular weight is 640 g/mol. The SMILES string of the molecule is CCCC(=O)O[C@@H]1[C@H](OC(=O)CCC)[C@@H](OP(=O)(O)O)[C@H](OP(=O)(O)O)[C@@H](OP(=O)(O)O)[C@@H]1OP(=O)(O)O. The Balaban J connectivity index is 3.97. The first kappa shape index (κ1) is 35.4. The fraction of sp³-hybridized carbons (Fsp3) is 0.857. The highest BCUT2D eigenvalue weighted by Crippen LogP contribution is 2.53. The minimum Gasteiger partial charge on any atom is -0.455 e. The second-order valence-electron chi connectivity index (χ2n) is 7.65. The van der Waals surface area contributed by atoms with Crippen molar-refractivity contribution in [1.29, 1.82) is 0 Å². The third-order valence-electron chi connectivity index (χ3n) is 4.42. The van der Waals surface area contributed by atoms with E-state index in [4.69, 9.17) is 9.47 Å². The van der Waals surface area contributed by atoms with Gasteiger partial charge in [-0.2, -0.15) is 0 Å². The molecule has 1 fully saturated rings. The number of rotatable bonds is 14. The van der Waals surface area contributed by atoms with Gasteiger partial charge in [0.2, 0.25) is 0 Å². The van der Waals surface area contributed by atoms with Gasteiger partial charge in [-0.15, -0.1) is 0 Å². The molecule has 1 aliphatic rings. The van der Waals surface area contributed by atoms with Crippen molar-refractivity contribution in [2.75, 3.05) is 0 Å². The highest BCUT2D eigenvalue weighted by atomic mass is 31.2. The molecule has 1 saturated carbocycles. The van der Waals surface area contributed by atoms with E-state index < -0.39 is 92.7 Å². The number of hydrogen-bond acceptors (Lipinski definition) is 12. The van der Waals surface area contributed by atoms with Crippen LogP contribution < -0.4 is 0 Å². The summed E-state index contributed by atoms with van der Waals surface area (Å²) in [4.78, 5) is 99.7. The first-order valence-corrected chi connectivity index (χ1v) is 16.5. The summed E-state index contributed by atoms with van der Waals surface area (Å²) in [5, 5.41) is 0. The molecule has 0 spiro atoms. The van der Waals surface area contributed by atoms with Crippen molar-refractivity contribution in [2.24, 2.45) is 0 Å². The maximum Gasteiger partial charge on any atom is 0.470 e. The molecule has 0 bridgehead atoms. The average Bonchev–Trinajstić information content (AvgIpc) is 2.66. The van der Waals surface area contributed by atoms with Gasteiger partial charge in [0.25, 0.3) is 0 Å². The molecule has 0 aromatic heterocycles. The Morgan fingerprint density at radius 2 is 0.711 bits per heavy atom. The second kappa shape index (κ2) is 13.8. The largest absolute Gasteiger partial charge is 0.470 e. The van der Waals surface area contributed by atoms with Gasteiger partial charge in [-0.25, -0.2) is 18.3 Å². The van der Waals surface area contributed by atoms with E-state index >= 15 is 0 Å². The summed E-state index contributed by atoms with van der Waals surface area (Å²) >= 11 is 0. The monoisotopic (exact) mass is 640 g/mol. The summed E-state index contributed by atoms with van der Waals surface area (Å²) in [5.41, 5.74) is 0. The van der Waals surface area contributed by atoms with Crippen molar-refractivity contribution in [1.82, 2.24) is 0 Å². The molecule has 0 aliphatic heterocycles. The molecular weight excluding hydrogens is 612 g/mol. The van der Waals surface area contributed by atoms with Crippen molar-refractivity contribution in [2.45, 2.75) is 76.2 Å². The number of carbonyl (C=O) groups excluding carboxylic acids is 2. The topological polar surface area (TPSA) is 320 Å². The summed E-state index contributed by atoms with van der Waals surface area (Å²) in [7, 11) is -23.1. The molecular formula is C14H28O20P4. The standard InChI is InChI=1S/C14H28O20P4/c1-3-5-7(15)29-9-10(30-8(16)6-4-2)12(32-36(20,21)22)14(34-38(26,27)28)13(33-37(23,24)25)11(9)31-35(17,18)19/h9-14H,3-6H2,1-2H3,(H2,17,18,19)(H2,20,21,22)(H2,23,24,25)(H2,26,27,28)/t9-,10+,11-,12-,13+,14+/m1/s1. The summed E-state index contributed by atoms with van der Waals surface area (Å²) in [6.07, 6.45) is -16.2. The zero-order valence-electron chi connectivity index (χ0n) is 19.6. The number of phosphoric ester groups is 4. The molecule has 24 heteroatoms. The molecule has 6 atom stereocenters. The molecule has 0 aromatic rings. The lowest BCUT2D eigenvalue weighted by molar-refractivity contribution is -0.231. The van der Waals surface area contributed by atoms with Crippen LogP contribution in [-0.2, 0) is 55.4 Å². The first-order chi connectivity index (χ1) is 17.1. The first-order valence-electron chi connectivity index (χ1n) is 10.4. The quantitative estimate of drug-likeness (QED) is 0.0862. The maximum absolute atomic E-state index is 12.3. The number of carbonyl (C=O) groups is 2. The van der Waals surface area contributed by atoms with E-state index in [1.54, 1.807) is 0 Å². The zero-order valence-corrected chi connectivity index (χ0v) is 23.1. The molecule has 1 rings (SSSR count). The van der Waals surface area contributed by atoms with Gasteiger partial charge in [0.15, 0.2) is 12.2 Å². The van der Waals surface area contributed by atoms with Crippen molar-refractivity contribution >= 4 is 43.2 Å². The Morgan fingerprint density at radius 3 is 0.895 bits per heavy atom. The lowest BCUT2D eigenvalue weighted by atomic mass is 9.84. The predicted molar refractivity (Wildman–Crippen MR) is 117 cm³/mol. The molecule has 0 unspecified atom stereocenters. The van der Waals surface area contributed by atoms with E-state index in [9.17, 15) is 67.0 Å². The van der Waals surface area contributed by atoms with Crippen molar-refractivity contribution in [3.05, 3.63) is 0 Å². The fourth-order valence-corrected chi connectivity index (χ4v) is 5.56. The predicted octanol–water partition coefficient (Wildman–Crippen LogP) is -0.665. The lowest BCUT2D eigenvalue weighted by Gasteiger charge is -2.47. The van der Waals surface area contributed by atoms with Crippen LogP contribution in [-0.4, -0.2) is 87.7 Å². The number of ether oxygens (including phenoxy) is 2. The Morgan fingerprint density at radius 1 is 0.500 bits per heavy atom. The molecule has 0 heterocycles. The van der Waals surface area contributed by atoms with Gasteiger partial charge >= 0.3 is 43.2 Å². The Bertz CT molecular complexity index is 927. The van der Waals surface area contributed by atoms with E-state index in [0.717, 1.165) is 0 Å². The van der Waals surface area contributed by atoms with Gasteiger partial charge < -0.3 is 48.6 Å². The molecule has 0 radical (unpaired) electrons. The van der Waals surface area contributed by atoms with Gasteiger partial charge in [0.1, 0.15) is 24.4 Å². The Labute approximate surface area is 214 Å². The summed E-state index contributed by atoms with van der Waals surface area (Å²) < 4.78 is 74.6. The van der Waals surface area contributed by atoms with Gasteiger partial charge in [0, 0.05) is 12.8 Å². The smallest absolute Gasteiger partial charge is 0.455 e. The van der Waals surface area contributed by atoms with E-state index in [2.05, 4.69) is 18.1 Å². The van der Waals surface area contributed by atoms with Crippen LogP contribution in [0.3, 0.4) is 0 Å².